The van der Waals surface area contributed by atoms with Crippen LogP contribution in [0, 0.1) is 0 Å². The topological polar surface area (TPSA) is 35.6 Å². The molecule has 2 saturated heterocycles. The molecular formula is C10H19N3O. The van der Waals surface area contributed by atoms with Crippen LogP contribution in [0.15, 0.2) is 0 Å². The molecule has 1 unspecified atom stereocenters. The molecule has 2 fully saturated rings. The van der Waals surface area contributed by atoms with Crippen LogP contribution in [-0.2, 0) is 4.79 Å². The molecule has 4 heteroatoms. The van der Waals surface area contributed by atoms with Gasteiger partial charge in [0.25, 0.3) is 0 Å². The Kier molecular flexibility index (Phi) is 3.03. The first-order chi connectivity index (χ1) is 6.79. The lowest BCUT2D eigenvalue weighted by molar-refractivity contribution is -0.135. The number of carbonyl (C=O) groups is 1. The molecule has 1 atom stereocenters. The maximum atomic E-state index is 12.1. The molecule has 0 spiro atoms. The van der Waals surface area contributed by atoms with Crippen molar-refractivity contribution in [3.63, 3.8) is 0 Å². The van der Waals surface area contributed by atoms with Gasteiger partial charge in [-0.3, -0.25) is 9.69 Å². The van der Waals surface area contributed by atoms with Crippen LogP contribution in [0.2, 0.25) is 0 Å². The minimum Gasteiger partial charge on any atom is -0.341 e. The van der Waals surface area contributed by atoms with Crippen LogP contribution in [0.1, 0.15) is 12.8 Å². The minimum atomic E-state index is 0.0712. The molecule has 1 N–H and O–H groups in total. The highest BCUT2D eigenvalue weighted by Crippen LogP contribution is 2.12. The van der Waals surface area contributed by atoms with E-state index in [0.717, 1.165) is 32.7 Å². The van der Waals surface area contributed by atoms with Crippen LogP contribution >= 0.6 is 0 Å². The zero-order chi connectivity index (χ0) is 9.97. The summed E-state index contributed by atoms with van der Waals surface area (Å²) < 4.78 is 0. The number of carbonyl (C=O) groups excluding carboxylic acids is 1. The Morgan fingerprint density at radius 2 is 2.00 bits per heavy atom. The molecule has 4 nitrogen and oxygen atoms in total. The second kappa shape index (κ2) is 4.28. The van der Waals surface area contributed by atoms with E-state index in [1.807, 2.05) is 11.9 Å². The van der Waals surface area contributed by atoms with Crippen LogP contribution in [0.25, 0.3) is 0 Å². The van der Waals surface area contributed by atoms with Crippen molar-refractivity contribution in [2.24, 2.45) is 0 Å². The lowest BCUT2D eigenvalue weighted by Crippen LogP contribution is -2.56. The number of nitrogens with one attached hydrogen (secondary N) is 1. The van der Waals surface area contributed by atoms with E-state index in [-0.39, 0.29) is 6.04 Å². The van der Waals surface area contributed by atoms with Gasteiger partial charge in [0.15, 0.2) is 0 Å². The number of hydrogen-bond donors (Lipinski definition) is 1. The highest BCUT2D eigenvalue weighted by Gasteiger charge is 2.30. The van der Waals surface area contributed by atoms with Crippen molar-refractivity contribution in [1.29, 1.82) is 0 Å². The van der Waals surface area contributed by atoms with Crippen LogP contribution < -0.4 is 5.32 Å². The maximum Gasteiger partial charge on any atom is 0.241 e. The first-order valence-corrected chi connectivity index (χ1v) is 5.49. The Balaban J connectivity index is 1.94. The van der Waals surface area contributed by atoms with Gasteiger partial charge in [-0.2, -0.15) is 0 Å². The predicted octanol–water partition coefficient (Wildman–Crippen LogP) is -0.488. The van der Waals surface area contributed by atoms with Gasteiger partial charge in [-0.1, -0.05) is 0 Å². The second-order valence-corrected chi connectivity index (χ2v) is 4.23. The van der Waals surface area contributed by atoms with E-state index in [4.69, 9.17) is 0 Å². The predicted molar refractivity (Wildman–Crippen MR) is 55.1 cm³/mol. The summed E-state index contributed by atoms with van der Waals surface area (Å²) >= 11 is 0. The minimum absolute atomic E-state index is 0.0712. The third-order valence-electron chi connectivity index (χ3n) is 3.21. The molecular weight excluding hydrogens is 178 g/mol. The average Bonchev–Trinajstić information content (AvgIpc) is 2.70. The van der Waals surface area contributed by atoms with Crippen molar-refractivity contribution in [3.8, 4) is 0 Å². The second-order valence-electron chi connectivity index (χ2n) is 4.23. The number of rotatable bonds is 1. The largest absolute Gasteiger partial charge is 0.341 e. The maximum absolute atomic E-state index is 12.1. The molecule has 0 bridgehead atoms. The Bertz CT molecular complexity index is 213. The summed E-state index contributed by atoms with van der Waals surface area (Å²) in [5, 5.41) is 3.28. The van der Waals surface area contributed by atoms with Crippen molar-refractivity contribution in [1.82, 2.24) is 15.1 Å². The van der Waals surface area contributed by atoms with Gasteiger partial charge < -0.3 is 10.2 Å². The molecule has 2 aliphatic rings. The Morgan fingerprint density at radius 1 is 1.29 bits per heavy atom. The average molecular weight is 197 g/mol. The number of hydrogen-bond acceptors (Lipinski definition) is 3. The number of amides is 1. The van der Waals surface area contributed by atoms with Crippen LogP contribution in [0.4, 0.5) is 0 Å². The van der Waals surface area contributed by atoms with Crippen molar-refractivity contribution < 1.29 is 4.79 Å². The fourth-order valence-electron chi connectivity index (χ4n) is 2.23. The van der Waals surface area contributed by atoms with Crippen molar-refractivity contribution >= 4 is 5.91 Å². The van der Waals surface area contributed by atoms with E-state index in [0.29, 0.717) is 5.91 Å². The first-order valence-electron chi connectivity index (χ1n) is 5.49. The fourth-order valence-corrected chi connectivity index (χ4v) is 2.23. The molecule has 0 saturated carbocycles. The number of nitrogens with zero attached hydrogens (tertiary/aromatic N) is 2. The standard InChI is InChI=1S/C10H19N3O/c1-12-7-4-11-8-9(12)10(14)13-5-2-3-6-13/h9,11H,2-8H2,1H3. The van der Waals surface area contributed by atoms with Crippen molar-refractivity contribution in [2.45, 2.75) is 18.9 Å². The summed E-state index contributed by atoms with van der Waals surface area (Å²) in [4.78, 5) is 16.2. The fraction of sp³-hybridized carbons (Fsp3) is 0.900. The van der Waals surface area contributed by atoms with Gasteiger partial charge in [0.1, 0.15) is 6.04 Å². The van der Waals surface area contributed by atoms with E-state index in [1.165, 1.54) is 12.8 Å². The van der Waals surface area contributed by atoms with Gasteiger partial charge in [0, 0.05) is 32.7 Å². The van der Waals surface area contributed by atoms with Gasteiger partial charge in [-0.05, 0) is 19.9 Å². The summed E-state index contributed by atoms with van der Waals surface area (Å²) in [5.74, 6) is 0.317. The summed E-state index contributed by atoms with van der Waals surface area (Å²) in [5.41, 5.74) is 0. The molecule has 0 aromatic carbocycles. The molecule has 0 aliphatic carbocycles. The third-order valence-corrected chi connectivity index (χ3v) is 3.21. The molecule has 0 radical (unpaired) electrons. The smallest absolute Gasteiger partial charge is 0.241 e. The molecule has 2 aliphatic heterocycles. The number of piperazine rings is 1. The highest BCUT2D eigenvalue weighted by atomic mass is 16.2. The molecule has 2 rings (SSSR count). The molecule has 80 valence electrons. The van der Waals surface area contributed by atoms with Gasteiger partial charge in [0.05, 0.1) is 0 Å². The van der Waals surface area contributed by atoms with Gasteiger partial charge in [-0.25, -0.2) is 0 Å². The zero-order valence-corrected chi connectivity index (χ0v) is 8.83. The zero-order valence-electron chi connectivity index (χ0n) is 8.83. The van der Waals surface area contributed by atoms with E-state index in [1.54, 1.807) is 0 Å². The third kappa shape index (κ3) is 1.91. The molecule has 1 amide bonds. The SMILES string of the molecule is CN1CCNCC1C(=O)N1CCCC1. The summed E-state index contributed by atoms with van der Waals surface area (Å²) in [6.45, 7) is 4.71. The number of likely N-dealkylation sites (tertiary alicyclic amines) is 1. The first kappa shape index (κ1) is 9.93. The van der Waals surface area contributed by atoms with Crippen molar-refractivity contribution in [2.75, 3.05) is 39.8 Å². The molecule has 2 heterocycles. The number of likely N-dealkylation sites (N-methyl/N-ethyl adjacent to an activating group) is 1. The van der Waals surface area contributed by atoms with E-state index < -0.39 is 0 Å². The van der Waals surface area contributed by atoms with Gasteiger partial charge in [0.2, 0.25) is 5.91 Å². The molecule has 0 aromatic heterocycles. The van der Waals surface area contributed by atoms with Crippen LogP contribution in [0.5, 0.6) is 0 Å². The normalized spacial score (nSPS) is 29.5. The molecule has 0 aromatic rings. The van der Waals surface area contributed by atoms with E-state index >= 15 is 0 Å². The van der Waals surface area contributed by atoms with Crippen LogP contribution in [0.3, 0.4) is 0 Å². The van der Waals surface area contributed by atoms with Gasteiger partial charge >= 0.3 is 0 Å². The van der Waals surface area contributed by atoms with E-state index in [9.17, 15) is 4.79 Å². The van der Waals surface area contributed by atoms with Crippen molar-refractivity contribution in [3.05, 3.63) is 0 Å². The Hall–Kier alpha value is -0.610. The highest BCUT2D eigenvalue weighted by molar-refractivity contribution is 5.82. The Morgan fingerprint density at radius 3 is 2.64 bits per heavy atom. The van der Waals surface area contributed by atoms with Gasteiger partial charge in [-0.15, -0.1) is 0 Å². The molecule has 14 heavy (non-hydrogen) atoms. The summed E-state index contributed by atoms with van der Waals surface area (Å²) in [6, 6.07) is 0.0712. The summed E-state index contributed by atoms with van der Waals surface area (Å²) in [7, 11) is 2.04. The van der Waals surface area contributed by atoms with Crippen LogP contribution in [-0.4, -0.2) is 61.5 Å². The lowest BCUT2D eigenvalue weighted by atomic mass is 10.2. The monoisotopic (exact) mass is 197 g/mol. The van der Waals surface area contributed by atoms with E-state index in [2.05, 4.69) is 10.2 Å². The Labute approximate surface area is 85.2 Å². The summed E-state index contributed by atoms with van der Waals surface area (Å²) in [6.07, 6.45) is 2.35. The lowest BCUT2D eigenvalue weighted by Gasteiger charge is -2.34. The quantitative estimate of drug-likeness (QED) is 0.616.